The number of rotatable bonds is 6. The monoisotopic (exact) mass is 353 g/mol. The first kappa shape index (κ1) is 15.5. The summed E-state index contributed by atoms with van der Waals surface area (Å²) in [5.41, 5.74) is 3.61. The average molecular weight is 354 g/mol. The van der Waals surface area contributed by atoms with Crippen molar-refractivity contribution < 1.29 is 0 Å². The molecule has 108 valence electrons. The van der Waals surface area contributed by atoms with E-state index >= 15 is 0 Å². The Kier molecular flexibility index (Phi) is 5.57. The molecule has 0 unspecified atom stereocenters. The van der Waals surface area contributed by atoms with Crippen LogP contribution >= 0.6 is 27.3 Å². The molecule has 1 aromatic carbocycles. The van der Waals surface area contributed by atoms with Crippen LogP contribution in [0.3, 0.4) is 0 Å². The van der Waals surface area contributed by atoms with Crippen molar-refractivity contribution in [2.75, 3.05) is 18.5 Å². The minimum absolute atomic E-state index is 0.837. The van der Waals surface area contributed by atoms with Crippen molar-refractivity contribution in [1.82, 2.24) is 10.3 Å². The molecule has 1 heterocycles. The number of aryl methyl sites for hydroxylation is 1. The van der Waals surface area contributed by atoms with E-state index in [2.05, 4.69) is 68.7 Å². The highest BCUT2D eigenvalue weighted by molar-refractivity contribution is 9.10. The van der Waals surface area contributed by atoms with E-state index in [1.165, 1.54) is 11.3 Å². The van der Waals surface area contributed by atoms with Gasteiger partial charge in [0, 0.05) is 29.1 Å². The Morgan fingerprint density at radius 3 is 2.80 bits per heavy atom. The van der Waals surface area contributed by atoms with E-state index in [4.69, 9.17) is 0 Å². The van der Waals surface area contributed by atoms with Crippen molar-refractivity contribution in [3.63, 3.8) is 0 Å². The normalized spacial score (nSPS) is 10.8. The number of nitrogens with one attached hydrogen (secondary N) is 1. The summed E-state index contributed by atoms with van der Waals surface area (Å²) in [6.45, 7) is 6.87. The van der Waals surface area contributed by atoms with Gasteiger partial charge < -0.3 is 10.2 Å². The van der Waals surface area contributed by atoms with Gasteiger partial charge in [-0.25, -0.2) is 4.98 Å². The summed E-state index contributed by atoms with van der Waals surface area (Å²) in [6, 6.07) is 6.51. The number of nitrogens with zero attached hydrogens (tertiary/aromatic N) is 2. The molecule has 0 saturated carbocycles. The molecule has 0 atom stereocenters. The van der Waals surface area contributed by atoms with E-state index in [9.17, 15) is 0 Å². The molecule has 0 aliphatic heterocycles. The SMILES string of the molecule is CCNCc1ccc(N(C)Cc2csc(C)n2)cc1Br. The van der Waals surface area contributed by atoms with Gasteiger partial charge in [0.05, 0.1) is 17.2 Å². The second-order valence-corrected chi connectivity index (χ2v) is 6.69. The summed E-state index contributed by atoms with van der Waals surface area (Å²) in [7, 11) is 2.10. The number of hydrogen-bond acceptors (Lipinski definition) is 4. The summed E-state index contributed by atoms with van der Waals surface area (Å²) in [5, 5.41) is 6.59. The van der Waals surface area contributed by atoms with E-state index in [1.807, 2.05) is 6.92 Å². The maximum absolute atomic E-state index is 4.51. The number of anilines is 1. The molecule has 0 aliphatic carbocycles. The minimum atomic E-state index is 0.837. The third-order valence-electron chi connectivity index (χ3n) is 3.11. The van der Waals surface area contributed by atoms with Gasteiger partial charge in [-0.05, 0) is 31.2 Å². The lowest BCUT2D eigenvalue weighted by atomic mass is 10.2. The Hall–Kier alpha value is -0.910. The van der Waals surface area contributed by atoms with Crippen LogP contribution in [0.1, 0.15) is 23.2 Å². The van der Waals surface area contributed by atoms with Crippen LogP contribution in [0.5, 0.6) is 0 Å². The van der Waals surface area contributed by atoms with Crippen LogP contribution in [-0.4, -0.2) is 18.6 Å². The average Bonchev–Trinajstić information content (AvgIpc) is 2.82. The number of hydrogen-bond donors (Lipinski definition) is 1. The van der Waals surface area contributed by atoms with E-state index < -0.39 is 0 Å². The molecule has 0 radical (unpaired) electrons. The number of benzene rings is 1. The van der Waals surface area contributed by atoms with Crippen molar-refractivity contribution in [3.05, 3.63) is 44.3 Å². The molecule has 2 rings (SSSR count). The van der Waals surface area contributed by atoms with Crippen molar-refractivity contribution in [2.24, 2.45) is 0 Å². The smallest absolute Gasteiger partial charge is 0.0898 e. The quantitative estimate of drug-likeness (QED) is 0.851. The molecule has 20 heavy (non-hydrogen) atoms. The van der Waals surface area contributed by atoms with Crippen LogP contribution in [0.2, 0.25) is 0 Å². The maximum Gasteiger partial charge on any atom is 0.0898 e. The van der Waals surface area contributed by atoms with Gasteiger partial charge in [0.15, 0.2) is 0 Å². The summed E-state index contributed by atoms with van der Waals surface area (Å²) in [6.07, 6.45) is 0. The van der Waals surface area contributed by atoms with Gasteiger partial charge in [-0.1, -0.05) is 28.9 Å². The Labute approximate surface area is 133 Å². The summed E-state index contributed by atoms with van der Waals surface area (Å²) >= 11 is 5.36. The Morgan fingerprint density at radius 1 is 1.40 bits per heavy atom. The molecule has 0 spiro atoms. The Morgan fingerprint density at radius 2 is 2.20 bits per heavy atom. The molecular formula is C15H20BrN3S. The summed E-state index contributed by atoms with van der Waals surface area (Å²) in [4.78, 5) is 6.73. The minimum Gasteiger partial charge on any atom is -0.369 e. The van der Waals surface area contributed by atoms with Crippen LogP contribution in [0.15, 0.2) is 28.1 Å². The fourth-order valence-electron chi connectivity index (χ4n) is 1.99. The van der Waals surface area contributed by atoms with Crippen molar-refractivity contribution in [1.29, 1.82) is 0 Å². The first-order valence-corrected chi connectivity index (χ1v) is 8.38. The Balaban J connectivity index is 2.06. The highest BCUT2D eigenvalue weighted by Crippen LogP contribution is 2.24. The molecule has 0 aliphatic rings. The molecule has 3 nitrogen and oxygen atoms in total. The number of aromatic nitrogens is 1. The van der Waals surface area contributed by atoms with E-state index in [1.54, 1.807) is 11.3 Å². The predicted octanol–water partition coefficient (Wildman–Crippen LogP) is 3.96. The van der Waals surface area contributed by atoms with Gasteiger partial charge in [-0.2, -0.15) is 0 Å². The fraction of sp³-hybridized carbons (Fsp3) is 0.400. The first-order valence-electron chi connectivity index (χ1n) is 6.71. The maximum atomic E-state index is 4.51. The van der Waals surface area contributed by atoms with Gasteiger partial charge in [0.1, 0.15) is 0 Å². The van der Waals surface area contributed by atoms with Gasteiger partial charge in [0.2, 0.25) is 0 Å². The lowest BCUT2D eigenvalue weighted by Crippen LogP contribution is -2.17. The molecule has 0 fully saturated rings. The largest absolute Gasteiger partial charge is 0.369 e. The zero-order valence-electron chi connectivity index (χ0n) is 12.1. The summed E-state index contributed by atoms with van der Waals surface area (Å²) in [5.74, 6) is 0. The third kappa shape index (κ3) is 4.04. The van der Waals surface area contributed by atoms with Crippen molar-refractivity contribution in [2.45, 2.75) is 26.9 Å². The van der Waals surface area contributed by atoms with Crippen molar-refractivity contribution >= 4 is 33.0 Å². The van der Waals surface area contributed by atoms with Gasteiger partial charge in [-0.15, -0.1) is 11.3 Å². The van der Waals surface area contributed by atoms with Crippen LogP contribution in [0.4, 0.5) is 5.69 Å². The van der Waals surface area contributed by atoms with Gasteiger partial charge >= 0.3 is 0 Å². The Bertz CT molecular complexity index is 568. The third-order valence-corrected chi connectivity index (χ3v) is 4.67. The second kappa shape index (κ2) is 7.20. The lowest BCUT2D eigenvalue weighted by molar-refractivity contribution is 0.724. The van der Waals surface area contributed by atoms with Crippen LogP contribution in [0, 0.1) is 6.92 Å². The van der Waals surface area contributed by atoms with E-state index in [0.717, 1.165) is 34.8 Å². The van der Waals surface area contributed by atoms with Crippen LogP contribution in [0.25, 0.3) is 0 Å². The molecule has 1 aromatic heterocycles. The standard InChI is InChI=1S/C15H20BrN3S/c1-4-17-8-12-5-6-14(7-15(12)16)19(3)9-13-10-20-11(2)18-13/h5-7,10,17H,4,8-9H2,1-3H3. The van der Waals surface area contributed by atoms with Crippen LogP contribution in [-0.2, 0) is 13.1 Å². The molecule has 5 heteroatoms. The zero-order chi connectivity index (χ0) is 14.5. The molecule has 0 bridgehead atoms. The topological polar surface area (TPSA) is 28.2 Å². The van der Waals surface area contributed by atoms with Crippen molar-refractivity contribution in [3.8, 4) is 0 Å². The molecular weight excluding hydrogens is 334 g/mol. The van der Waals surface area contributed by atoms with Gasteiger partial charge in [-0.3, -0.25) is 0 Å². The molecule has 1 N–H and O–H groups in total. The molecule has 0 amide bonds. The number of halogens is 1. The zero-order valence-corrected chi connectivity index (χ0v) is 14.5. The number of thiazole rings is 1. The molecule has 2 aromatic rings. The van der Waals surface area contributed by atoms with E-state index in [0.29, 0.717) is 0 Å². The molecule has 0 saturated heterocycles. The highest BCUT2D eigenvalue weighted by atomic mass is 79.9. The second-order valence-electron chi connectivity index (χ2n) is 4.77. The van der Waals surface area contributed by atoms with Gasteiger partial charge in [0.25, 0.3) is 0 Å². The lowest BCUT2D eigenvalue weighted by Gasteiger charge is -2.19. The fourth-order valence-corrected chi connectivity index (χ4v) is 3.10. The van der Waals surface area contributed by atoms with E-state index in [-0.39, 0.29) is 0 Å². The first-order chi connectivity index (χ1) is 9.60. The summed E-state index contributed by atoms with van der Waals surface area (Å²) < 4.78 is 1.15. The highest BCUT2D eigenvalue weighted by Gasteiger charge is 2.07. The van der Waals surface area contributed by atoms with Crippen LogP contribution < -0.4 is 10.2 Å². The predicted molar refractivity (Wildman–Crippen MR) is 90.5 cm³/mol.